The fraction of sp³-hybridized carbons (Fsp3) is 0.556. The van der Waals surface area contributed by atoms with Crippen molar-refractivity contribution in [3.05, 3.63) is 17.6 Å². The van der Waals surface area contributed by atoms with Gasteiger partial charge in [-0.25, -0.2) is 9.97 Å². The van der Waals surface area contributed by atoms with Crippen molar-refractivity contribution in [3.63, 3.8) is 0 Å². The minimum absolute atomic E-state index is 0.712. The highest BCUT2D eigenvalue weighted by Gasteiger charge is 2.16. The van der Waals surface area contributed by atoms with Gasteiger partial charge in [0.1, 0.15) is 11.4 Å². The highest BCUT2D eigenvalue weighted by molar-refractivity contribution is 7.99. The zero-order valence-electron chi connectivity index (χ0n) is 7.49. The zero-order valence-corrected chi connectivity index (χ0v) is 8.31. The van der Waals surface area contributed by atoms with Gasteiger partial charge in [-0.15, -0.1) is 11.8 Å². The molecule has 13 heavy (non-hydrogen) atoms. The maximum atomic E-state index is 5.46. The molecule has 0 unspecified atom stereocenters. The van der Waals surface area contributed by atoms with Crippen molar-refractivity contribution in [2.24, 2.45) is 5.73 Å². The topological polar surface area (TPSA) is 51.8 Å². The molecule has 0 radical (unpaired) electrons. The van der Waals surface area contributed by atoms with Crippen molar-refractivity contribution in [1.82, 2.24) is 9.97 Å². The molecular weight excluding hydrogens is 182 g/mol. The van der Waals surface area contributed by atoms with E-state index in [-0.39, 0.29) is 0 Å². The minimum Gasteiger partial charge on any atom is -0.330 e. The van der Waals surface area contributed by atoms with Crippen LogP contribution in [0.15, 0.2) is 11.4 Å². The van der Waals surface area contributed by atoms with E-state index in [0.29, 0.717) is 6.54 Å². The third-order valence-corrected chi connectivity index (χ3v) is 3.26. The van der Waals surface area contributed by atoms with E-state index >= 15 is 0 Å². The summed E-state index contributed by atoms with van der Waals surface area (Å²) in [5.74, 6) is 0.948. The van der Waals surface area contributed by atoms with Crippen LogP contribution in [0.3, 0.4) is 0 Å². The first-order valence-corrected chi connectivity index (χ1v) is 5.56. The molecule has 70 valence electrons. The Hall–Kier alpha value is -0.610. The molecule has 1 heterocycles. The Kier molecular flexibility index (Phi) is 2.80. The Morgan fingerprint density at radius 1 is 1.38 bits per heavy atom. The largest absolute Gasteiger partial charge is 0.330 e. The van der Waals surface area contributed by atoms with Crippen LogP contribution in [0.5, 0.6) is 0 Å². The first-order valence-electron chi connectivity index (χ1n) is 4.57. The number of aromatic nitrogens is 2. The van der Waals surface area contributed by atoms with Gasteiger partial charge in [0.05, 0.1) is 0 Å². The third kappa shape index (κ3) is 1.84. The van der Waals surface area contributed by atoms with E-state index in [2.05, 4.69) is 9.97 Å². The molecule has 1 aliphatic rings. The van der Waals surface area contributed by atoms with E-state index in [1.165, 1.54) is 17.7 Å². The van der Waals surface area contributed by atoms with Gasteiger partial charge in [0.15, 0.2) is 0 Å². The van der Waals surface area contributed by atoms with Crippen LogP contribution in [0.25, 0.3) is 0 Å². The number of nitrogens with two attached hydrogens (primary N) is 1. The average molecular weight is 195 g/mol. The fourth-order valence-corrected chi connectivity index (χ4v) is 2.44. The van der Waals surface area contributed by atoms with Gasteiger partial charge in [0.2, 0.25) is 0 Å². The van der Waals surface area contributed by atoms with Crippen molar-refractivity contribution >= 4 is 11.8 Å². The number of fused-ring (bicyclic) bond motifs is 1. The highest BCUT2D eigenvalue weighted by Crippen LogP contribution is 2.27. The summed E-state index contributed by atoms with van der Waals surface area (Å²) < 4.78 is 0. The number of thioether (sulfide) groups is 1. The molecular formula is C9H13N3S. The number of hydrogen-bond donors (Lipinski definition) is 1. The molecule has 1 aliphatic carbocycles. The zero-order chi connectivity index (χ0) is 9.10. The van der Waals surface area contributed by atoms with Crippen molar-refractivity contribution in [3.8, 4) is 0 Å². The number of nitrogens with zero attached hydrogens (tertiary/aromatic N) is 2. The fourth-order valence-electron chi connectivity index (χ4n) is 1.61. The predicted octanol–water partition coefficient (Wildman–Crippen LogP) is 1.02. The van der Waals surface area contributed by atoms with Crippen molar-refractivity contribution in [2.45, 2.75) is 24.3 Å². The number of hydrogen-bond acceptors (Lipinski definition) is 4. The number of rotatable bonds is 3. The van der Waals surface area contributed by atoms with Gasteiger partial charge in [-0.2, -0.15) is 0 Å². The molecule has 3 nitrogen and oxygen atoms in total. The Labute approximate surface area is 82.2 Å². The van der Waals surface area contributed by atoms with E-state index in [1.807, 2.05) is 0 Å². The van der Waals surface area contributed by atoms with Gasteiger partial charge in [-0.05, 0) is 19.3 Å². The second-order valence-electron chi connectivity index (χ2n) is 3.09. The second kappa shape index (κ2) is 4.07. The summed E-state index contributed by atoms with van der Waals surface area (Å²) in [4.78, 5) is 8.56. The summed E-state index contributed by atoms with van der Waals surface area (Å²) >= 11 is 1.75. The van der Waals surface area contributed by atoms with Crippen molar-refractivity contribution in [1.29, 1.82) is 0 Å². The Balaban J connectivity index is 2.20. The second-order valence-corrected chi connectivity index (χ2v) is 4.18. The summed E-state index contributed by atoms with van der Waals surface area (Å²) in [5, 5.41) is 1.15. The van der Waals surface area contributed by atoms with E-state index in [0.717, 1.165) is 23.6 Å². The summed E-state index contributed by atoms with van der Waals surface area (Å²) in [6.45, 7) is 0.712. The lowest BCUT2D eigenvalue weighted by atomic mass is 10.3. The Bertz CT molecular complexity index is 301. The molecule has 2 rings (SSSR count). The van der Waals surface area contributed by atoms with Crippen LogP contribution in [0.1, 0.15) is 17.7 Å². The lowest BCUT2D eigenvalue weighted by Crippen LogP contribution is -2.02. The van der Waals surface area contributed by atoms with Crippen LogP contribution in [0.4, 0.5) is 0 Å². The first-order chi connectivity index (χ1) is 6.42. The maximum absolute atomic E-state index is 5.46. The molecule has 0 aliphatic heterocycles. The Morgan fingerprint density at radius 2 is 2.31 bits per heavy atom. The van der Waals surface area contributed by atoms with Gasteiger partial charge in [0.25, 0.3) is 0 Å². The van der Waals surface area contributed by atoms with E-state index < -0.39 is 0 Å². The van der Waals surface area contributed by atoms with Gasteiger partial charge in [0, 0.05) is 23.6 Å². The lowest BCUT2D eigenvalue weighted by Gasteiger charge is -2.04. The van der Waals surface area contributed by atoms with Gasteiger partial charge in [-0.1, -0.05) is 0 Å². The summed E-state index contributed by atoms with van der Waals surface area (Å²) in [6, 6.07) is 0. The van der Waals surface area contributed by atoms with Gasteiger partial charge < -0.3 is 5.73 Å². The van der Waals surface area contributed by atoms with Crippen molar-refractivity contribution in [2.75, 3.05) is 12.3 Å². The van der Waals surface area contributed by atoms with E-state index in [4.69, 9.17) is 5.73 Å². The molecule has 2 N–H and O–H groups in total. The molecule has 0 bridgehead atoms. The molecule has 4 heteroatoms. The quantitative estimate of drug-likeness (QED) is 0.578. The molecule has 0 aromatic carbocycles. The van der Waals surface area contributed by atoms with Crippen LogP contribution in [0, 0.1) is 0 Å². The first kappa shape index (κ1) is 8.97. The van der Waals surface area contributed by atoms with Crippen molar-refractivity contribution < 1.29 is 0 Å². The van der Waals surface area contributed by atoms with Crippen LogP contribution >= 0.6 is 11.8 Å². The molecule has 1 aromatic heterocycles. The number of aryl methyl sites for hydroxylation is 1. The molecule has 0 saturated carbocycles. The SMILES string of the molecule is NCCSc1ncnc2c1CCC2. The average Bonchev–Trinajstić information content (AvgIpc) is 2.62. The molecule has 0 atom stereocenters. The van der Waals surface area contributed by atoms with Crippen LogP contribution in [-0.4, -0.2) is 22.3 Å². The predicted molar refractivity (Wildman–Crippen MR) is 53.8 cm³/mol. The van der Waals surface area contributed by atoms with Gasteiger partial charge in [-0.3, -0.25) is 0 Å². The van der Waals surface area contributed by atoms with Gasteiger partial charge >= 0.3 is 0 Å². The minimum atomic E-state index is 0.712. The molecule has 0 spiro atoms. The van der Waals surface area contributed by atoms with Crippen LogP contribution in [0.2, 0.25) is 0 Å². The maximum Gasteiger partial charge on any atom is 0.116 e. The highest BCUT2D eigenvalue weighted by atomic mass is 32.2. The lowest BCUT2D eigenvalue weighted by molar-refractivity contribution is 0.896. The molecule has 0 saturated heterocycles. The summed E-state index contributed by atoms with van der Waals surface area (Å²) in [7, 11) is 0. The molecule has 0 fully saturated rings. The summed E-state index contributed by atoms with van der Waals surface area (Å²) in [5.41, 5.74) is 8.06. The smallest absolute Gasteiger partial charge is 0.116 e. The van der Waals surface area contributed by atoms with Crippen LogP contribution < -0.4 is 5.73 Å². The monoisotopic (exact) mass is 195 g/mol. The van der Waals surface area contributed by atoms with E-state index in [9.17, 15) is 0 Å². The molecule has 1 aromatic rings. The summed E-state index contributed by atoms with van der Waals surface area (Å²) in [6.07, 6.45) is 5.16. The third-order valence-electron chi connectivity index (χ3n) is 2.19. The standard InChI is InChI=1S/C9H13N3S/c10-4-5-13-9-7-2-1-3-8(7)11-6-12-9/h6H,1-5,10H2. The molecule has 0 amide bonds. The Morgan fingerprint density at radius 3 is 3.15 bits per heavy atom. The van der Waals surface area contributed by atoms with E-state index in [1.54, 1.807) is 18.1 Å². The van der Waals surface area contributed by atoms with Crippen LogP contribution in [-0.2, 0) is 12.8 Å². The normalized spacial score (nSPS) is 14.5.